The zero-order valence-corrected chi connectivity index (χ0v) is 13.3. The van der Waals surface area contributed by atoms with Gasteiger partial charge in [0.15, 0.2) is 0 Å². The third kappa shape index (κ3) is 4.31. The van der Waals surface area contributed by atoms with Crippen LogP contribution in [0.4, 0.5) is 4.79 Å². The van der Waals surface area contributed by atoms with E-state index in [1.165, 1.54) is 5.56 Å². The summed E-state index contributed by atoms with van der Waals surface area (Å²) in [6.07, 6.45) is 4.98. The van der Waals surface area contributed by atoms with E-state index in [9.17, 15) is 4.79 Å². The summed E-state index contributed by atoms with van der Waals surface area (Å²) in [4.78, 5) is 18.5. The summed E-state index contributed by atoms with van der Waals surface area (Å²) >= 11 is 0. The molecule has 2 heterocycles. The normalized spacial score (nSPS) is 18.3. The van der Waals surface area contributed by atoms with Gasteiger partial charge in [-0.05, 0) is 42.9 Å². The molecule has 1 atom stereocenters. The van der Waals surface area contributed by atoms with Crippen molar-refractivity contribution in [2.45, 2.75) is 31.7 Å². The van der Waals surface area contributed by atoms with Crippen LogP contribution in [0.25, 0.3) is 0 Å². The third-order valence-electron chi connectivity index (χ3n) is 4.43. The molecule has 1 N–H and O–H groups in total. The maximum Gasteiger partial charge on any atom is 0.317 e. The molecule has 0 radical (unpaired) electrons. The number of amides is 2. The lowest BCUT2D eigenvalue weighted by molar-refractivity contribution is 0.199. The predicted octanol–water partition coefficient (Wildman–Crippen LogP) is 3.56. The zero-order valence-electron chi connectivity index (χ0n) is 13.3. The lowest BCUT2D eigenvalue weighted by Gasteiger charge is -2.21. The first kappa shape index (κ1) is 15.5. The smallest absolute Gasteiger partial charge is 0.317 e. The molecule has 2 amide bonds. The lowest BCUT2D eigenvalue weighted by atomic mass is 9.92. The number of rotatable bonds is 3. The summed E-state index contributed by atoms with van der Waals surface area (Å²) in [7, 11) is 0. The minimum atomic E-state index is 0.0179. The molecule has 1 saturated heterocycles. The van der Waals surface area contributed by atoms with Crippen molar-refractivity contribution in [3.05, 3.63) is 66.0 Å². The summed E-state index contributed by atoms with van der Waals surface area (Å²) < 4.78 is 0. The summed E-state index contributed by atoms with van der Waals surface area (Å²) in [5.74, 6) is 0.560. The number of carbonyl (C=O) groups excluding carboxylic acids is 1. The number of aromatic nitrogens is 1. The molecule has 0 saturated carbocycles. The summed E-state index contributed by atoms with van der Waals surface area (Å²) in [5, 5.41) is 2.98. The van der Waals surface area contributed by atoms with Gasteiger partial charge in [-0.25, -0.2) is 4.79 Å². The Labute approximate surface area is 137 Å². The van der Waals surface area contributed by atoms with Crippen molar-refractivity contribution < 1.29 is 4.79 Å². The molecule has 1 aromatic carbocycles. The van der Waals surface area contributed by atoms with Crippen molar-refractivity contribution in [1.29, 1.82) is 0 Å². The van der Waals surface area contributed by atoms with Gasteiger partial charge in [-0.15, -0.1) is 0 Å². The van der Waals surface area contributed by atoms with Crippen LogP contribution in [-0.2, 0) is 6.54 Å². The Morgan fingerprint density at radius 3 is 2.70 bits per heavy atom. The molecular weight excluding hydrogens is 286 g/mol. The van der Waals surface area contributed by atoms with E-state index in [1.807, 2.05) is 23.1 Å². The van der Waals surface area contributed by atoms with Crippen LogP contribution in [0.15, 0.2) is 54.7 Å². The highest BCUT2D eigenvalue weighted by Crippen LogP contribution is 2.27. The number of urea groups is 1. The molecule has 1 aromatic heterocycles. The summed E-state index contributed by atoms with van der Waals surface area (Å²) in [5.41, 5.74) is 2.28. The SMILES string of the molecule is O=C(NCc1ccccn1)N1CCCC(c2ccccc2)CC1. The van der Waals surface area contributed by atoms with Crippen molar-refractivity contribution in [1.82, 2.24) is 15.2 Å². The fraction of sp³-hybridized carbons (Fsp3) is 0.368. The van der Waals surface area contributed by atoms with Crippen molar-refractivity contribution in [3.8, 4) is 0 Å². The number of pyridine rings is 1. The fourth-order valence-electron chi connectivity index (χ4n) is 3.14. The highest BCUT2D eigenvalue weighted by Gasteiger charge is 2.21. The van der Waals surface area contributed by atoms with Crippen LogP contribution >= 0.6 is 0 Å². The molecule has 23 heavy (non-hydrogen) atoms. The van der Waals surface area contributed by atoms with Crippen LogP contribution in [0.2, 0.25) is 0 Å². The van der Waals surface area contributed by atoms with Crippen molar-refractivity contribution in [2.24, 2.45) is 0 Å². The van der Waals surface area contributed by atoms with Crippen LogP contribution < -0.4 is 5.32 Å². The van der Waals surface area contributed by atoms with Gasteiger partial charge in [0.05, 0.1) is 12.2 Å². The molecule has 1 fully saturated rings. The van der Waals surface area contributed by atoms with Gasteiger partial charge in [0.2, 0.25) is 0 Å². The van der Waals surface area contributed by atoms with Crippen LogP contribution in [0, 0.1) is 0 Å². The second-order valence-corrected chi connectivity index (χ2v) is 6.01. The minimum Gasteiger partial charge on any atom is -0.332 e. The predicted molar refractivity (Wildman–Crippen MR) is 91.1 cm³/mol. The van der Waals surface area contributed by atoms with E-state index in [-0.39, 0.29) is 6.03 Å². The van der Waals surface area contributed by atoms with Crippen molar-refractivity contribution in [2.75, 3.05) is 13.1 Å². The van der Waals surface area contributed by atoms with E-state index in [4.69, 9.17) is 0 Å². The molecule has 0 bridgehead atoms. The highest BCUT2D eigenvalue weighted by molar-refractivity contribution is 5.74. The van der Waals surface area contributed by atoms with E-state index in [0.29, 0.717) is 12.5 Å². The van der Waals surface area contributed by atoms with Gasteiger partial charge < -0.3 is 10.2 Å². The molecule has 3 rings (SSSR count). The monoisotopic (exact) mass is 309 g/mol. The van der Waals surface area contributed by atoms with Gasteiger partial charge in [0.1, 0.15) is 0 Å². The number of nitrogens with zero attached hydrogens (tertiary/aromatic N) is 2. The Morgan fingerprint density at radius 2 is 1.91 bits per heavy atom. The summed E-state index contributed by atoms with van der Waals surface area (Å²) in [6.45, 7) is 2.13. The highest BCUT2D eigenvalue weighted by atomic mass is 16.2. The van der Waals surface area contributed by atoms with Gasteiger partial charge in [0.25, 0.3) is 0 Å². The largest absolute Gasteiger partial charge is 0.332 e. The summed E-state index contributed by atoms with van der Waals surface area (Å²) in [6, 6.07) is 16.4. The lowest BCUT2D eigenvalue weighted by Crippen LogP contribution is -2.40. The van der Waals surface area contributed by atoms with Gasteiger partial charge in [0, 0.05) is 19.3 Å². The molecule has 0 spiro atoms. The van der Waals surface area contributed by atoms with Gasteiger partial charge in [-0.2, -0.15) is 0 Å². The first-order valence-electron chi connectivity index (χ1n) is 8.30. The van der Waals surface area contributed by atoms with E-state index < -0.39 is 0 Å². The Kier molecular flexibility index (Phi) is 5.25. The van der Waals surface area contributed by atoms with E-state index in [1.54, 1.807) is 6.20 Å². The van der Waals surface area contributed by atoms with Crippen LogP contribution in [0.5, 0.6) is 0 Å². The zero-order chi connectivity index (χ0) is 15.9. The van der Waals surface area contributed by atoms with E-state index in [0.717, 1.165) is 38.0 Å². The van der Waals surface area contributed by atoms with Gasteiger partial charge in [-0.3, -0.25) is 4.98 Å². The van der Waals surface area contributed by atoms with Gasteiger partial charge in [-0.1, -0.05) is 36.4 Å². The number of benzene rings is 1. The van der Waals surface area contributed by atoms with Crippen LogP contribution in [-0.4, -0.2) is 29.0 Å². The number of likely N-dealkylation sites (tertiary alicyclic amines) is 1. The molecule has 1 aliphatic rings. The maximum absolute atomic E-state index is 12.4. The second kappa shape index (κ2) is 7.77. The number of nitrogens with one attached hydrogen (secondary N) is 1. The molecule has 1 unspecified atom stereocenters. The Hall–Kier alpha value is -2.36. The molecule has 4 heteroatoms. The molecule has 4 nitrogen and oxygen atoms in total. The third-order valence-corrected chi connectivity index (χ3v) is 4.43. The minimum absolute atomic E-state index is 0.0179. The number of carbonyl (C=O) groups is 1. The van der Waals surface area contributed by atoms with Crippen LogP contribution in [0.1, 0.15) is 36.4 Å². The molecule has 120 valence electrons. The second-order valence-electron chi connectivity index (χ2n) is 6.01. The van der Waals surface area contributed by atoms with E-state index in [2.05, 4.69) is 40.6 Å². The van der Waals surface area contributed by atoms with Crippen LogP contribution in [0.3, 0.4) is 0 Å². The van der Waals surface area contributed by atoms with Crippen molar-refractivity contribution >= 4 is 6.03 Å². The molecule has 0 aliphatic carbocycles. The topological polar surface area (TPSA) is 45.2 Å². The molecular formula is C19H23N3O. The Balaban J connectivity index is 1.52. The molecule has 2 aromatic rings. The number of hydrogen-bond donors (Lipinski definition) is 1. The van der Waals surface area contributed by atoms with Crippen molar-refractivity contribution in [3.63, 3.8) is 0 Å². The molecule has 1 aliphatic heterocycles. The van der Waals surface area contributed by atoms with E-state index >= 15 is 0 Å². The standard InChI is InChI=1S/C19H23N3O/c23-19(21-15-18-10-4-5-12-20-18)22-13-6-9-17(11-14-22)16-7-2-1-3-8-16/h1-5,7-8,10,12,17H,6,9,11,13-15H2,(H,21,23). The fourth-order valence-corrected chi connectivity index (χ4v) is 3.14. The average molecular weight is 309 g/mol. The average Bonchev–Trinajstić information content (AvgIpc) is 2.87. The first-order valence-corrected chi connectivity index (χ1v) is 8.30. The maximum atomic E-state index is 12.4. The quantitative estimate of drug-likeness (QED) is 0.942. The Morgan fingerprint density at radius 1 is 1.09 bits per heavy atom. The Bertz CT molecular complexity index is 615. The number of hydrogen-bond acceptors (Lipinski definition) is 2. The first-order chi connectivity index (χ1) is 11.3. The van der Waals surface area contributed by atoms with Gasteiger partial charge >= 0.3 is 6.03 Å².